The van der Waals surface area contributed by atoms with Crippen LogP contribution in [0.2, 0.25) is 0 Å². The molecular formula is C14H22N2O. The first-order chi connectivity index (χ1) is 8.06. The molecule has 1 aliphatic rings. The summed E-state index contributed by atoms with van der Waals surface area (Å²) in [4.78, 5) is 6.82. The molecular weight excluding hydrogens is 212 g/mol. The van der Waals surface area contributed by atoms with Crippen molar-refractivity contribution in [1.82, 2.24) is 4.98 Å². The van der Waals surface area contributed by atoms with E-state index in [0.717, 1.165) is 30.9 Å². The first-order valence-corrected chi connectivity index (χ1v) is 6.35. The minimum atomic E-state index is 0.143. The first-order valence-electron chi connectivity index (χ1n) is 6.35. The molecule has 1 aromatic rings. The predicted molar refractivity (Wildman–Crippen MR) is 70.3 cm³/mol. The number of hydrogen-bond acceptors (Lipinski definition) is 3. The van der Waals surface area contributed by atoms with Gasteiger partial charge in [-0.15, -0.1) is 0 Å². The lowest BCUT2D eigenvalue weighted by Crippen LogP contribution is -2.29. The topological polar surface area (TPSA) is 36.4 Å². The van der Waals surface area contributed by atoms with Crippen LogP contribution in [0.5, 0.6) is 0 Å². The zero-order valence-corrected chi connectivity index (χ0v) is 11.0. The second-order valence-electron chi connectivity index (χ2n) is 5.59. The highest BCUT2D eigenvalue weighted by Gasteiger charge is 2.43. The minimum Gasteiger partial charge on any atom is -0.396 e. The molecule has 1 saturated carbocycles. The second-order valence-corrected chi connectivity index (χ2v) is 5.59. The molecule has 0 unspecified atom stereocenters. The van der Waals surface area contributed by atoms with Gasteiger partial charge in [-0.25, -0.2) is 4.98 Å². The van der Waals surface area contributed by atoms with Crippen LogP contribution in [-0.4, -0.2) is 30.3 Å². The Morgan fingerprint density at radius 1 is 1.41 bits per heavy atom. The van der Waals surface area contributed by atoms with Crippen molar-refractivity contribution in [3.05, 3.63) is 23.9 Å². The van der Waals surface area contributed by atoms with Crippen LogP contribution in [0.15, 0.2) is 18.2 Å². The van der Waals surface area contributed by atoms with Gasteiger partial charge in [0, 0.05) is 24.7 Å². The monoisotopic (exact) mass is 234 g/mol. The van der Waals surface area contributed by atoms with Crippen LogP contribution >= 0.6 is 0 Å². The van der Waals surface area contributed by atoms with Gasteiger partial charge in [-0.05, 0) is 30.9 Å². The molecule has 2 rings (SSSR count). The van der Waals surface area contributed by atoms with Crippen LogP contribution in [0.1, 0.15) is 38.3 Å². The van der Waals surface area contributed by atoms with Crippen molar-refractivity contribution >= 4 is 5.82 Å². The van der Waals surface area contributed by atoms with Crippen LogP contribution in [0, 0.1) is 5.41 Å². The predicted octanol–water partition coefficient (Wildman–Crippen LogP) is 2.41. The van der Waals surface area contributed by atoms with Crippen LogP contribution in [0.3, 0.4) is 0 Å². The molecule has 1 aromatic heterocycles. The van der Waals surface area contributed by atoms with Gasteiger partial charge in [0.05, 0.1) is 6.61 Å². The summed E-state index contributed by atoms with van der Waals surface area (Å²) in [6.45, 7) is 5.50. The molecule has 0 aromatic carbocycles. The van der Waals surface area contributed by atoms with Gasteiger partial charge in [0.15, 0.2) is 0 Å². The maximum absolute atomic E-state index is 9.35. The zero-order chi connectivity index (χ0) is 12.5. The smallest absolute Gasteiger partial charge is 0.128 e. The molecule has 0 amide bonds. The Hall–Kier alpha value is -1.09. The minimum absolute atomic E-state index is 0.143. The summed E-state index contributed by atoms with van der Waals surface area (Å²) in [6, 6.07) is 6.17. The van der Waals surface area contributed by atoms with Crippen LogP contribution in [-0.2, 0) is 0 Å². The molecule has 0 saturated heterocycles. The Balaban J connectivity index is 2.08. The third-order valence-corrected chi connectivity index (χ3v) is 3.60. The van der Waals surface area contributed by atoms with E-state index in [9.17, 15) is 5.11 Å². The van der Waals surface area contributed by atoms with Crippen molar-refractivity contribution in [1.29, 1.82) is 0 Å². The summed E-state index contributed by atoms with van der Waals surface area (Å²) >= 11 is 0. The van der Waals surface area contributed by atoms with Gasteiger partial charge in [0.2, 0.25) is 0 Å². The molecule has 1 N–H and O–H groups in total. The molecule has 0 bridgehead atoms. The average Bonchev–Trinajstić information content (AvgIpc) is 3.09. The fourth-order valence-electron chi connectivity index (χ4n) is 2.10. The summed E-state index contributed by atoms with van der Waals surface area (Å²) < 4.78 is 0. The number of pyridine rings is 1. The number of hydrogen-bond donors (Lipinski definition) is 1. The summed E-state index contributed by atoms with van der Waals surface area (Å²) in [5.41, 5.74) is 1.27. The van der Waals surface area contributed by atoms with Crippen molar-refractivity contribution < 1.29 is 5.11 Å². The van der Waals surface area contributed by atoms with E-state index in [1.807, 2.05) is 6.07 Å². The molecule has 0 radical (unpaired) electrons. The molecule has 17 heavy (non-hydrogen) atoms. The third-order valence-electron chi connectivity index (χ3n) is 3.60. The van der Waals surface area contributed by atoms with Gasteiger partial charge >= 0.3 is 0 Å². The summed E-state index contributed by atoms with van der Waals surface area (Å²) in [7, 11) is 2.06. The van der Waals surface area contributed by atoms with E-state index in [2.05, 4.69) is 42.9 Å². The van der Waals surface area contributed by atoms with Gasteiger partial charge < -0.3 is 10.0 Å². The van der Waals surface area contributed by atoms with Crippen molar-refractivity contribution in [3.8, 4) is 0 Å². The number of nitrogens with zero attached hydrogens (tertiary/aromatic N) is 2. The lowest BCUT2D eigenvalue weighted by molar-refractivity contribution is 0.215. The van der Waals surface area contributed by atoms with Crippen LogP contribution in [0.4, 0.5) is 5.82 Å². The van der Waals surface area contributed by atoms with Gasteiger partial charge in [-0.2, -0.15) is 0 Å². The van der Waals surface area contributed by atoms with Crippen molar-refractivity contribution in [2.75, 3.05) is 25.1 Å². The Kier molecular flexibility index (Phi) is 3.38. The Morgan fingerprint density at radius 2 is 2.12 bits per heavy atom. The van der Waals surface area contributed by atoms with Crippen molar-refractivity contribution in [3.63, 3.8) is 0 Å². The largest absolute Gasteiger partial charge is 0.396 e. The quantitative estimate of drug-likeness (QED) is 0.850. The lowest BCUT2D eigenvalue weighted by atomic mass is 10.1. The molecule has 0 atom stereocenters. The van der Waals surface area contributed by atoms with Crippen LogP contribution in [0.25, 0.3) is 0 Å². The van der Waals surface area contributed by atoms with E-state index < -0.39 is 0 Å². The molecule has 94 valence electrons. The molecule has 0 spiro atoms. The molecule has 3 heteroatoms. The fourth-order valence-corrected chi connectivity index (χ4v) is 2.10. The average molecular weight is 234 g/mol. The van der Waals surface area contributed by atoms with E-state index in [1.54, 1.807) is 0 Å². The number of aromatic nitrogens is 1. The number of aliphatic hydroxyl groups excluding tert-OH is 1. The van der Waals surface area contributed by atoms with E-state index in [-0.39, 0.29) is 5.41 Å². The highest BCUT2D eigenvalue weighted by molar-refractivity contribution is 5.39. The summed E-state index contributed by atoms with van der Waals surface area (Å²) in [6.07, 6.45) is 2.27. The lowest BCUT2D eigenvalue weighted by Gasteiger charge is -2.24. The van der Waals surface area contributed by atoms with Gasteiger partial charge in [-0.1, -0.05) is 19.9 Å². The van der Waals surface area contributed by atoms with E-state index in [4.69, 9.17) is 0 Å². The van der Waals surface area contributed by atoms with Gasteiger partial charge in [0.1, 0.15) is 5.82 Å². The molecule has 0 aliphatic heterocycles. The molecule has 1 fully saturated rings. The number of aliphatic hydroxyl groups is 1. The second kappa shape index (κ2) is 4.65. The van der Waals surface area contributed by atoms with E-state index >= 15 is 0 Å². The Bertz CT molecular complexity index is 386. The highest BCUT2D eigenvalue weighted by atomic mass is 16.3. The number of anilines is 1. The maximum atomic E-state index is 9.35. The third kappa shape index (κ3) is 2.78. The molecule has 1 aliphatic carbocycles. The first kappa shape index (κ1) is 12.4. The van der Waals surface area contributed by atoms with E-state index in [1.165, 1.54) is 0 Å². The summed E-state index contributed by atoms with van der Waals surface area (Å²) in [5.74, 6) is 1.46. The maximum Gasteiger partial charge on any atom is 0.128 e. The SMILES string of the molecule is CC(C)c1cccc(N(C)CC2(CO)CC2)n1. The molecule has 1 heterocycles. The van der Waals surface area contributed by atoms with Gasteiger partial charge in [0.25, 0.3) is 0 Å². The number of rotatable bonds is 5. The van der Waals surface area contributed by atoms with Crippen LogP contribution < -0.4 is 4.90 Å². The highest BCUT2D eigenvalue weighted by Crippen LogP contribution is 2.45. The Labute approximate surface area is 103 Å². The van der Waals surface area contributed by atoms with E-state index in [0.29, 0.717) is 12.5 Å². The standard InChI is InChI=1S/C14H22N2O/c1-11(2)12-5-4-6-13(15-12)16(3)9-14(10-17)7-8-14/h4-6,11,17H,7-10H2,1-3H3. The molecule has 3 nitrogen and oxygen atoms in total. The zero-order valence-electron chi connectivity index (χ0n) is 11.0. The normalized spacial score (nSPS) is 17.2. The summed E-state index contributed by atoms with van der Waals surface area (Å²) in [5, 5.41) is 9.35. The van der Waals surface area contributed by atoms with Crippen molar-refractivity contribution in [2.24, 2.45) is 5.41 Å². The van der Waals surface area contributed by atoms with Gasteiger partial charge in [-0.3, -0.25) is 0 Å². The Morgan fingerprint density at radius 3 is 2.65 bits per heavy atom. The van der Waals surface area contributed by atoms with Crippen molar-refractivity contribution in [2.45, 2.75) is 32.6 Å². The fraction of sp³-hybridized carbons (Fsp3) is 0.643.